The molecule has 0 aliphatic carbocycles. The summed E-state index contributed by atoms with van der Waals surface area (Å²) in [5.74, 6) is -0.325. The second-order valence-electron chi connectivity index (χ2n) is 8.20. The first-order valence-corrected chi connectivity index (χ1v) is 13.1. The number of halogens is 1. The number of nitrogens with one attached hydrogen (secondary N) is 2. The van der Waals surface area contributed by atoms with Crippen molar-refractivity contribution >= 4 is 38.7 Å². The Kier molecular flexibility index (Phi) is 6.00. The zero-order valence-corrected chi connectivity index (χ0v) is 20.3. The lowest BCUT2D eigenvalue weighted by atomic mass is 10.0. The van der Waals surface area contributed by atoms with E-state index in [2.05, 4.69) is 15.0 Å². The molecule has 0 amide bonds. The maximum atomic E-state index is 14.1. The van der Waals surface area contributed by atoms with Crippen LogP contribution >= 0.6 is 12.2 Å². The van der Waals surface area contributed by atoms with Crippen LogP contribution in [0.1, 0.15) is 23.5 Å². The highest BCUT2D eigenvalue weighted by Gasteiger charge is 2.42. The molecule has 1 saturated heterocycles. The van der Waals surface area contributed by atoms with Crippen LogP contribution in [0.3, 0.4) is 0 Å². The maximum Gasteiger partial charge on any atom is 0.229 e. The highest BCUT2D eigenvalue weighted by Crippen LogP contribution is 2.42. The first kappa shape index (κ1) is 23.0. The van der Waals surface area contributed by atoms with E-state index in [0.717, 1.165) is 23.3 Å². The molecule has 3 heterocycles. The van der Waals surface area contributed by atoms with Crippen LogP contribution in [0.2, 0.25) is 0 Å². The number of hydrogen-bond donors (Lipinski definition) is 2. The van der Waals surface area contributed by atoms with Crippen molar-refractivity contribution in [1.29, 1.82) is 0 Å². The molecule has 5 rings (SSSR count). The lowest BCUT2D eigenvalue weighted by molar-refractivity contribution is 0.549. The molecule has 178 valence electrons. The minimum Gasteiger partial charge on any atom is -0.351 e. The van der Waals surface area contributed by atoms with E-state index in [4.69, 9.17) is 12.2 Å². The minimum absolute atomic E-state index is 0.278. The molecule has 0 radical (unpaired) electrons. The maximum absolute atomic E-state index is 14.1. The molecular weight excluding hydrogens is 485 g/mol. The van der Waals surface area contributed by atoms with Crippen LogP contribution in [0.25, 0.3) is 5.69 Å². The predicted molar refractivity (Wildman–Crippen MR) is 139 cm³/mol. The summed E-state index contributed by atoms with van der Waals surface area (Å²) in [5.41, 5.74) is 3.61. The molecule has 2 N–H and O–H groups in total. The fourth-order valence-electron chi connectivity index (χ4n) is 4.33. The number of pyridine rings is 1. The van der Waals surface area contributed by atoms with Crippen molar-refractivity contribution in [3.05, 3.63) is 108 Å². The highest BCUT2D eigenvalue weighted by molar-refractivity contribution is 7.92. The van der Waals surface area contributed by atoms with E-state index >= 15 is 0 Å². The number of rotatable bonds is 6. The Morgan fingerprint density at radius 3 is 2.49 bits per heavy atom. The Hall–Kier alpha value is -3.76. The van der Waals surface area contributed by atoms with Gasteiger partial charge in [0.1, 0.15) is 11.9 Å². The Morgan fingerprint density at radius 1 is 1.00 bits per heavy atom. The summed E-state index contributed by atoms with van der Waals surface area (Å²) in [5, 5.41) is 3.90. The molecule has 35 heavy (non-hydrogen) atoms. The van der Waals surface area contributed by atoms with Crippen molar-refractivity contribution in [2.24, 2.45) is 0 Å². The van der Waals surface area contributed by atoms with Crippen LogP contribution in [0, 0.1) is 5.82 Å². The molecule has 2 atom stereocenters. The summed E-state index contributed by atoms with van der Waals surface area (Å²) in [6, 6.07) is 22.4. The van der Waals surface area contributed by atoms with Crippen molar-refractivity contribution in [1.82, 2.24) is 14.9 Å². The number of benzene rings is 2. The molecule has 0 unspecified atom stereocenters. The fourth-order valence-corrected chi connectivity index (χ4v) is 5.24. The summed E-state index contributed by atoms with van der Waals surface area (Å²) in [4.78, 5) is 6.54. The van der Waals surface area contributed by atoms with Gasteiger partial charge in [-0.15, -0.1) is 0 Å². The van der Waals surface area contributed by atoms with E-state index in [1.807, 2.05) is 64.2 Å². The van der Waals surface area contributed by atoms with Gasteiger partial charge in [0.25, 0.3) is 0 Å². The fraction of sp³-hybridized carbons (Fsp3) is 0.120. The smallest absolute Gasteiger partial charge is 0.229 e. The number of nitrogens with zero attached hydrogens (tertiary/aromatic N) is 3. The molecule has 1 aliphatic rings. The van der Waals surface area contributed by atoms with Crippen LogP contribution in [0.15, 0.2) is 91.3 Å². The van der Waals surface area contributed by atoms with Crippen molar-refractivity contribution in [3.8, 4) is 5.69 Å². The average molecular weight is 508 g/mol. The first-order valence-electron chi connectivity index (χ1n) is 10.8. The van der Waals surface area contributed by atoms with E-state index in [-0.39, 0.29) is 17.9 Å². The third-order valence-corrected chi connectivity index (χ3v) is 6.64. The molecule has 1 fully saturated rings. The van der Waals surface area contributed by atoms with Gasteiger partial charge < -0.3 is 14.8 Å². The van der Waals surface area contributed by atoms with Gasteiger partial charge in [-0.25, -0.2) is 12.8 Å². The number of anilines is 2. The molecule has 1 aliphatic heterocycles. The largest absolute Gasteiger partial charge is 0.351 e. The van der Waals surface area contributed by atoms with Gasteiger partial charge in [0, 0.05) is 35.1 Å². The van der Waals surface area contributed by atoms with Gasteiger partial charge in [-0.3, -0.25) is 9.71 Å². The molecule has 0 spiro atoms. The summed E-state index contributed by atoms with van der Waals surface area (Å²) >= 11 is 5.76. The second-order valence-corrected chi connectivity index (χ2v) is 10.3. The van der Waals surface area contributed by atoms with E-state index in [0.29, 0.717) is 16.5 Å². The molecule has 4 aromatic rings. The SMILES string of the molecule is CS(=O)(=O)Nc1ccc(N2C(=S)N[C@H](c3ccccn3)[C@H]2c2cccn2-c2cccc(F)c2)cc1. The Morgan fingerprint density at radius 2 is 1.80 bits per heavy atom. The van der Waals surface area contributed by atoms with Crippen LogP contribution in [0.4, 0.5) is 15.8 Å². The molecule has 0 bridgehead atoms. The zero-order chi connectivity index (χ0) is 24.6. The lowest BCUT2D eigenvalue weighted by Gasteiger charge is -2.29. The average Bonchev–Trinajstić information content (AvgIpc) is 3.43. The van der Waals surface area contributed by atoms with Gasteiger partial charge >= 0.3 is 0 Å². The van der Waals surface area contributed by atoms with Gasteiger partial charge in [-0.1, -0.05) is 12.1 Å². The van der Waals surface area contributed by atoms with Gasteiger partial charge in [0.2, 0.25) is 10.0 Å². The van der Waals surface area contributed by atoms with Crippen molar-refractivity contribution in [2.45, 2.75) is 12.1 Å². The predicted octanol–water partition coefficient (Wildman–Crippen LogP) is 4.56. The molecule has 7 nitrogen and oxygen atoms in total. The van der Waals surface area contributed by atoms with Crippen LogP contribution in [-0.4, -0.2) is 29.3 Å². The zero-order valence-electron chi connectivity index (χ0n) is 18.7. The Balaban J connectivity index is 1.61. The molecule has 0 saturated carbocycles. The lowest BCUT2D eigenvalue weighted by Crippen LogP contribution is -2.30. The standard InChI is InChI=1S/C25H22FN5O2S2/c1-35(32,33)29-18-10-12-19(13-11-18)31-24(23(28-25(31)34)21-8-2-3-14-27-21)22-9-5-15-30(22)20-7-4-6-17(26)16-20/h2-16,23-24,29H,1H3,(H,28,34)/t23-,24-/m1/s1. The first-order chi connectivity index (χ1) is 16.8. The van der Waals surface area contributed by atoms with E-state index < -0.39 is 10.0 Å². The van der Waals surface area contributed by atoms with Crippen LogP contribution in [-0.2, 0) is 10.0 Å². The normalized spacial score (nSPS) is 17.9. The summed E-state index contributed by atoms with van der Waals surface area (Å²) in [6.07, 6.45) is 4.73. The van der Waals surface area contributed by atoms with E-state index in [1.54, 1.807) is 24.4 Å². The quantitative estimate of drug-likeness (QED) is 0.373. The molecule has 10 heteroatoms. The second kappa shape index (κ2) is 9.12. The number of aromatic nitrogens is 2. The third kappa shape index (κ3) is 4.75. The number of sulfonamides is 1. The van der Waals surface area contributed by atoms with E-state index in [9.17, 15) is 12.8 Å². The molecule has 2 aromatic heterocycles. The van der Waals surface area contributed by atoms with Crippen molar-refractivity contribution < 1.29 is 12.8 Å². The minimum atomic E-state index is -3.39. The summed E-state index contributed by atoms with van der Waals surface area (Å²) in [7, 11) is -3.39. The molecule has 2 aromatic carbocycles. The number of thiocarbonyl (C=S) groups is 1. The van der Waals surface area contributed by atoms with Gasteiger partial charge in [0.15, 0.2) is 5.11 Å². The van der Waals surface area contributed by atoms with Gasteiger partial charge in [0.05, 0.1) is 18.0 Å². The topological polar surface area (TPSA) is 79.3 Å². The monoisotopic (exact) mass is 507 g/mol. The van der Waals surface area contributed by atoms with Crippen molar-refractivity contribution in [2.75, 3.05) is 15.9 Å². The third-order valence-electron chi connectivity index (χ3n) is 5.72. The van der Waals surface area contributed by atoms with E-state index in [1.165, 1.54) is 12.1 Å². The highest BCUT2D eigenvalue weighted by atomic mass is 32.2. The Bertz CT molecular complexity index is 1470. The Labute approximate surface area is 208 Å². The van der Waals surface area contributed by atoms with Crippen LogP contribution in [0.5, 0.6) is 0 Å². The van der Waals surface area contributed by atoms with Crippen LogP contribution < -0.4 is 14.9 Å². The summed E-state index contributed by atoms with van der Waals surface area (Å²) in [6.45, 7) is 0. The summed E-state index contributed by atoms with van der Waals surface area (Å²) < 4.78 is 41.7. The van der Waals surface area contributed by atoms with Crippen molar-refractivity contribution in [3.63, 3.8) is 0 Å². The molecular formula is C25H22FN5O2S2. The van der Waals surface area contributed by atoms with Gasteiger partial charge in [-0.05, 0) is 78.9 Å². The van der Waals surface area contributed by atoms with Gasteiger partial charge in [-0.2, -0.15) is 0 Å². The number of hydrogen-bond acceptors (Lipinski definition) is 4.